The molecule has 0 bridgehead atoms. The molecule has 0 unspecified atom stereocenters. The molecule has 1 aromatic carbocycles. The molecule has 0 aliphatic heterocycles. The minimum atomic E-state index is 0.150. The van der Waals surface area contributed by atoms with E-state index in [9.17, 15) is 0 Å². The van der Waals surface area contributed by atoms with E-state index in [2.05, 4.69) is 15.3 Å². The molecule has 20 heavy (non-hydrogen) atoms. The predicted octanol–water partition coefficient (Wildman–Crippen LogP) is 2.54. The van der Waals surface area contributed by atoms with Gasteiger partial charge in [-0.1, -0.05) is 12.1 Å². The summed E-state index contributed by atoms with van der Waals surface area (Å²) in [6.45, 7) is 4.79. The van der Waals surface area contributed by atoms with E-state index in [1.807, 2.05) is 38.1 Å². The van der Waals surface area contributed by atoms with Crippen molar-refractivity contribution in [3.8, 4) is 11.6 Å². The summed E-state index contributed by atoms with van der Waals surface area (Å²) >= 11 is 0. The second kappa shape index (κ2) is 6.86. The van der Waals surface area contributed by atoms with E-state index in [-0.39, 0.29) is 6.61 Å². The van der Waals surface area contributed by atoms with Gasteiger partial charge in [0.2, 0.25) is 5.88 Å². The van der Waals surface area contributed by atoms with Gasteiger partial charge in [0.1, 0.15) is 17.4 Å². The van der Waals surface area contributed by atoms with Crippen molar-refractivity contribution >= 4 is 5.82 Å². The van der Waals surface area contributed by atoms with E-state index < -0.39 is 0 Å². The summed E-state index contributed by atoms with van der Waals surface area (Å²) < 4.78 is 5.73. The Balaban J connectivity index is 2.12. The van der Waals surface area contributed by atoms with E-state index in [0.29, 0.717) is 23.9 Å². The van der Waals surface area contributed by atoms with Gasteiger partial charge >= 0.3 is 0 Å². The van der Waals surface area contributed by atoms with Crippen molar-refractivity contribution in [2.75, 3.05) is 18.5 Å². The summed E-state index contributed by atoms with van der Waals surface area (Å²) in [6, 6.07) is 9.39. The van der Waals surface area contributed by atoms with Crippen LogP contribution in [0.15, 0.2) is 30.3 Å². The van der Waals surface area contributed by atoms with Gasteiger partial charge in [-0.3, -0.25) is 0 Å². The van der Waals surface area contributed by atoms with Crippen molar-refractivity contribution < 1.29 is 9.84 Å². The van der Waals surface area contributed by atoms with Gasteiger partial charge < -0.3 is 15.2 Å². The third kappa shape index (κ3) is 3.93. The van der Waals surface area contributed by atoms with Crippen LogP contribution in [-0.2, 0) is 6.42 Å². The number of benzene rings is 1. The molecule has 0 fully saturated rings. The zero-order chi connectivity index (χ0) is 14.4. The second-order valence-electron chi connectivity index (χ2n) is 4.39. The number of hydrogen-bond donors (Lipinski definition) is 2. The van der Waals surface area contributed by atoms with Crippen molar-refractivity contribution in [1.29, 1.82) is 0 Å². The first-order valence-electron chi connectivity index (χ1n) is 6.68. The molecule has 5 nitrogen and oxygen atoms in total. The molecule has 0 spiro atoms. The summed E-state index contributed by atoms with van der Waals surface area (Å²) in [7, 11) is 0. The summed E-state index contributed by atoms with van der Waals surface area (Å²) in [4.78, 5) is 8.53. The topological polar surface area (TPSA) is 67.3 Å². The lowest BCUT2D eigenvalue weighted by molar-refractivity contribution is 0.299. The maximum atomic E-state index is 8.88. The molecule has 0 atom stereocenters. The summed E-state index contributed by atoms with van der Waals surface area (Å²) in [5, 5.41) is 12.0. The third-order valence-electron chi connectivity index (χ3n) is 2.72. The maximum absolute atomic E-state index is 8.88. The van der Waals surface area contributed by atoms with Crippen LogP contribution in [0.4, 0.5) is 5.82 Å². The highest BCUT2D eigenvalue weighted by Gasteiger charge is 2.04. The van der Waals surface area contributed by atoms with Crippen LogP contribution in [0.2, 0.25) is 0 Å². The average molecular weight is 273 g/mol. The highest BCUT2D eigenvalue weighted by atomic mass is 16.5. The van der Waals surface area contributed by atoms with E-state index in [1.54, 1.807) is 6.07 Å². The molecule has 5 heteroatoms. The van der Waals surface area contributed by atoms with Gasteiger partial charge in [-0.15, -0.1) is 0 Å². The van der Waals surface area contributed by atoms with Crippen LogP contribution >= 0.6 is 0 Å². The zero-order valence-electron chi connectivity index (χ0n) is 11.8. The Morgan fingerprint density at radius 1 is 1.20 bits per heavy atom. The smallest absolute Gasteiger partial charge is 0.224 e. The normalized spacial score (nSPS) is 10.3. The molecule has 2 rings (SSSR count). The van der Waals surface area contributed by atoms with Crippen LogP contribution in [0.5, 0.6) is 11.6 Å². The predicted molar refractivity (Wildman–Crippen MR) is 78.2 cm³/mol. The summed E-state index contributed by atoms with van der Waals surface area (Å²) in [6.07, 6.45) is 0.650. The Bertz CT molecular complexity index is 556. The van der Waals surface area contributed by atoms with E-state index in [1.165, 1.54) is 0 Å². The minimum Gasteiger partial charge on any atom is -0.439 e. The number of hydrogen-bond acceptors (Lipinski definition) is 5. The Kier molecular flexibility index (Phi) is 4.90. The number of nitrogens with zero attached hydrogens (tertiary/aromatic N) is 2. The van der Waals surface area contributed by atoms with Gasteiger partial charge in [0, 0.05) is 19.2 Å². The lowest BCUT2D eigenvalue weighted by Crippen LogP contribution is -2.02. The van der Waals surface area contributed by atoms with Gasteiger partial charge in [0.05, 0.1) is 0 Å². The largest absolute Gasteiger partial charge is 0.439 e. The van der Waals surface area contributed by atoms with Crippen molar-refractivity contribution in [3.05, 3.63) is 41.7 Å². The third-order valence-corrected chi connectivity index (χ3v) is 2.72. The van der Waals surface area contributed by atoms with Crippen LogP contribution < -0.4 is 10.1 Å². The molecule has 2 N–H and O–H groups in total. The van der Waals surface area contributed by atoms with Crippen LogP contribution in [0, 0.1) is 6.92 Å². The molecule has 1 aromatic heterocycles. The molecule has 0 amide bonds. The first kappa shape index (κ1) is 14.3. The second-order valence-corrected chi connectivity index (χ2v) is 4.39. The Morgan fingerprint density at radius 3 is 2.60 bits per heavy atom. The lowest BCUT2D eigenvalue weighted by atomic mass is 10.1. The molecule has 0 aliphatic carbocycles. The molecule has 0 saturated heterocycles. The molecule has 0 saturated carbocycles. The fourth-order valence-corrected chi connectivity index (χ4v) is 1.84. The fourth-order valence-electron chi connectivity index (χ4n) is 1.84. The molecule has 0 radical (unpaired) electrons. The molecule has 1 heterocycles. The maximum Gasteiger partial charge on any atom is 0.224 e. The Labute approximate surface area is 118 Å². The van der Waals surface area contributed by atoms with Crippen LogP contribution in [0.1, 0.15) is 18.3 Å². The number of aliphatic hydroxyl groups is 1. The number of nitrogens with one attached hydrogen (secondary N) is 1. The number of ether oxygens (including phenoxy) is 1. The highest BCUT2D eigenvalue weighted by Crippen LogP contribution is 2.22. The van der Waals surface area contributed by atoms with Gasteiger partial charge in [-0.05, 0) is 38.0 Å². The first-order chi connectivity index (χ1) is 9.71. The molecule has 2 aromatic rings. The zero-order valence-corrected chi connectivity index (χ0v) is 11.8. The SMILES string of the molecule is CCNc1cc(Oc2ccc(CCO)cc2)nc(C)n1. The van der Waals surface area contributed by atoms with Gasteiger partial charge in [0.15, 0.2) is 0 Å². The average Bonchev–Trinajstić information content (AvgIpc) is 2.41. The number of rotatable bonds is 6. The monoisotopic (exact) mass is 273 g/mol. The Morgan fingerprint density at radius 2 is 1.95 bits per heavy atom. The van der Waals surface area contributed by atoms with Crippen LogP contribution in [0.25, 0.3) is 0 Å². The van der Waals surface area contributed by atoms with Crippen LogP contribution in [-0.4, -0.2) is 28.2 Å². The summed E-state index contributed by atoms with van der Waals surface area (Å²) in [5.74, 6) is 2.65. The number of anilines is 1. The van der Waals surface area contributed by atoms with E-state index >= 15 is 0 Å². The molecule has 106 valence electrons. The summed E-state index contributed by atoms with van der Waals surface area (Å²) in [5.41, 5.74) is 1.08. The van der Waals surface area contributed by atoms with Gasteiger partial charge in [-0.25, -0.2) is 4.98 Å². The number of aromatic nitrogens is 2. The standard InChI is InChI=1S/C15H19N3O2/c1-3-16-14-10-15(18-11(2)17-14)20-13-6-4-12(5-7-13)8-9-19/h4-7,10,19H,3,8-9H2,1-2H3,(H,16,17,18). The number of aliphatic hydroxyl groups excluding tert-OH is 1. The Hall–Kier alpha value is -2.14. The van der Waals surface area contributed by atoms with E-state index in [0.717, 1.165) is 17.9 Å². The van der Waals surface area contributed by atoms with Crippen molar-refractivity contribution in [1.82, 2.24) is 9.97 Å². The molecule has 0 aliphatic rings. The minimum absolute atomic E-state index is 0.150. The fraction of sp³-hybridized carbons (Fsp3) is 0.333. The number of aryl methyl sites for hydroxylation is 1. The molecular weight excluding hydrogens is 254 g/mol. The van der Waals surface area contributed by atoms with Crippen molar-refractivity contribution in [2.45, 2.75) is 20.3 Å². The first-order valence-corrected chi connectivity index (χ1v) is 6.68. The van der Waals surface area contributed by atoms with Crippen molar-refractivity contribution in [3.63, 3.8) is 0 Å². The lowest BCUT2D eigenvalue weighted by Gasteiger charge is -2.09. The van der Waals surface area contributed by atoms with Crippen LogP contribution in [0.3, 0.4) is 0 Å². The van der Waals surface area contributed by atoms with Crippen molar-refractivity contribution in [2.24, 2.45) is 0 Å². The quantitative estimate of drug-likeness (QED) is 0.846. The van der Waals surface area contributed by atoms with Gasteiger partial charge in [0.25, 0.3) is 0 Å². The molecular formula is C15H19N3O2. The van der Waals surface area contributed by atoms with Gasteiger partial charge in [-0.2, -0.15) is 4.98 Å². The van der Waals surface area contributed by atoms with E-state index in [4.69, 9.17) is 9.84 Å². The highest BCUT2D eigenvalue weighted by molar-refractivity contribution is 5.40.